The summed E-state index contributed by atoms with van der Waals surface area (Å²) in [6, 6.07) is 6.86. The maximum atomic E-state index is 11.8. The second kappa shape index (κ2) is 6.46. The molecule has 0 fully saturated rings. The minimum Gasteiger partial charge on any atom is -0.481 e. The van der Waals surface area contributed by atoms with Crippen LogP contribution in [-0.2, 0) is 22.6 Å². The van der Waals surface area contributed by atoms with Crippen LogP contribution in [0.25, 0.3) is 0 Å². The Balaban J connectivity index is 1.95. The smallest absolute Gasteiger partial charge is 0.307 e. The summed E-state index contributed by atoms with van der Waals surface area (Å²) in [4.78, 5) is 22.6. The first-order valence-corrected chi connectivity index (χ1v) is 6.09. The van der Waals surface area contributed by atoms with Crippen molar-refractivity contribution in [2.24, 2.45) is 0 Å². The molecule has 2 rings (SSSR count). The van der Waals surface area contributed by atoms with Gasteiger partial charge in [-0.15, -0.1) is 5.10 Å². The number of benzene rings is 1. The molecule has 1 heterocycles. The van der Waals surface area contributed by atoms with Gasteiger partial charge in [0.25, 0.3) is 0 Å². The van der Waals surface area contributed by atoms with Gasteiger partial charge in [0, 0.05) is 18.3 Å². The van der Waals surface area contributed by atoms with Gasteiger partial charge >= 0.3 is 5.97 Å². The number of carboxylic acid groups (broad SMARTS) is 1. The molecule has 0 aliphatic rings. The van der Waals surface area contributed by atoms with Gasteiger partial charge in [0.1, 0.15) is 0 Å². The van der Waals surface area contributed by atoms with E-state index in [-0.39, 0.29) is 18.7 Å². The average molecular weight is 274 g/mol. The van der Waals surface area contributed by atoms with Gasteiger partial charge in [-0.25, -0.2) is 0 Å². The highest BCUT2D eigenvalue weighted by molar-refractivity contribution is 5.92. The van der Waals surface area contributed by atoms with Crippen LogP contribution in [0.1, 0.15) is 12.0 Å². The highest BCUT2D eigenvalue weighted by Gasteiger charge is 2.09. The molecular formula is C13H14N4O3. The van der Waals surface area contributed by atoms with Crippen LogP contribution in [0.3, 0.4) is 0 Å². The number of carboxylic acids is 1. The Labute approximate surface area is 115 Å². The van der Waals surface area contributed by atoms with Gasteiger partial charge in [0.15, 0.2) is 0 Å². The molecule has 7 nitrogen and oxygen atoms in total. The molecule has 104 valence electrons. The molecule has 20 heavy (non-hydrogen) atoms. The quantitative estimate of drug-likeness (QED) is 0.816. The number of carbonyl (C=O) groups excluding carboxylic acids is 1. The molecule has 0 radical (unpaired) electrons. The molecule has 0 unspecified atom stereocenters. The number of hydrogen-bond acceptors (Lipinski definition) is 4. The van der Waals surface area contributed by atoms with Crippen LogP contribution in [0, 0.1) is 0 Å². The first-order chi connectivity index (χ1) is 9.65. The fraction of sp³-hybridized carbons (Fsp3) is 0.231. The summed E-state index contributed by atoms with van der Waals surface area (Å²) in [6.45, 7) is 0.424. The third-order valence-corrected chi connectivity index (χ3v) is 2.67. The molecule has 2 aromatic rings. The van der Waals surface area contributed by atoms with Crippen LogP contribution in [0.2, 0.25) is 0 Å². The SMILES string of the molecule is O=C(O)Cc1ccccc1NC(=O)CCn1ccnn1. The van der Waals surface area contributed by atoms with E-state index in [0.29, 0.717) is 17.8 Å². The van der Waals surface area contributed by atoms with Crippen molar-refractivity contribution < 1.29 is 14.7 Å². The normalized spacial score (nSPS) is 10.2. The van der Waals surface area contributed by atoms with E-state index >= 15 is 0 Å². The summed E-state index contributed by atoms with van der Waals surface area (Å²) in [5.74, 6) is -1.13. The molecule has 2 N–H and O–H groups in total. The fourth-order valence-corrected chi connectivity index (χ4v) is 1.74. The Morgan fingerprint density at radius 2 is 2.10 bits per heavy atom. The molecule has 0 bridgehead atoms. The number of anilines is 1. The monoisotopic (exact) mass is 274 g/mol. The number of carbonyl (C=O) groups is 2. The number of para-hydroxylation sites is 1. The second-order valence-electron chi connectivity index (χ2n) is 4.19. The molecule has 1 aromatic carbocycles. The van der Waals surface area contributed by atoms with Crippen LogP contribution in [0.5, 0.6) is 0 Å². The van der Waals surface area contributed by atoms with E-state index in [1.165, 1.54) is 0 Å². The van der Waals surface area contributed by atoms with Crippen molar-refractivity contribution in [1.29, 1.82) is 0 Å². The van der Waals surface area contributed by atoms with Crippen LogP contribution >= 0.6 is 0 Å². The van der Waals surface area contributed by atoms with Gasteiger partial charge in [0.05, 0.1) is 19.2 Å². The maximum absolute atomic E-state index is 11.8. The molecule has 0 saturated carbocycles. The lowest BCUT2D eigenvalue weighted by molar-refractivity contribution is -0.136. The number of hydrogen-bond donors (Lipinski definition) is 2. The molecule has 0 spiro atoms. The lowest BCUT2D eigenvalue weighted by atomic mass is 10.1. The minimum absolute atomic E-state index is 0.125. The van der Waals surface area contributed by atoms with Gasteiger partial charge in [-0.1, -0.05) is 23.4 Å². The van der Waals surface area contributed by atoms with Crippen molar-refractivity contribution in [2.75, 3.05) is 5.32 Å². The topological polar surface area (TPSA) is 97.1 Å². The summed E-state index contributed by atoms with van der Waals surface area (Å²) >= 11 is 0. The summed E-state index contributed by atoms with van der Waals surface area (Å²) < 4.78 is 1.56. The van der Waals surface area contributed by atoms with Gasteiger partial charge in [-0.3, -0.25) is 14.3 Å². The lowest BCUT2D eigenvalue weighted by Gasteiger charge is -2.09. The molecule has 0 saturated heterocycles. The third kappa shape index (κ3) is 3.91. The molecule has 0 atom stereocenters. The van der Waals surface area contributed by atoms with Gasteiger partial charge < -0.3 is 10.4 Å². The first-order valence-electron chi connectivity index (χ1n) is 6.09. The highest BCUT2D eigenvalue weighted by Crippen LogP contribution is 2.16. The molecular weight excluding hydrogens is 260 g/mol. The van der Waals surface area contributed by atoms with Gasteiger partial charge in [0.2, 0.25) is 5.91 Å². The van der Waals surface area contributed by atoms with Crippen molar-refractivity contribution in [3.05, 3.63) is 42.2 Å². The third-order valence-electron chi connectivity index (χ3n) is 2.67. The van der Waals surface area contributed by atoms with Crippen molar-refractivity contribution in [2.45, 2.75) is 19.4 Å². The first kappa shape index (κ1) is 13.7. The Morgan fingerprint density at radius 3 is 2.80 bits per heavy atom. The number of aromatic nitrogens is 3. The van der Waals surface area contributed by atoms with Crippen molar-refractivity contribution >= 4 is 17.6 Å². The van der Waals surface area contributed by atoms with Crippen molar-refractivity contribution in [3.63, 3.8) is 0 Å². The van der Waals surface area contributed by atoms with Crippen molar-refractivity contribution in [3.8, 4) is 0 Å². The zero-order valence-electron chi connectivity index (χ0n) is 10.7. The minimum atomic E-state index is -0.936. The zero-order chi connectivity index (χ0) is 14.4. The van der Waals surface area contributed by atoms with E-state index in [2.05, 4.69) is 15.6 Å². The van der Waals surface area contributed by atoms with Crippen molar-refractivity contribution in [1.82, 2.24) is 15.0 Å². The molecule has 1 amide bonds. The molecule has 1 aromatic heterocycles. The van der Waals surface area contributed by atoms with Crippen LogP contribution in [0.15, 0.2) is 36.7 Å². The molecule has 0 aliphatic heterocycles. The predicted molar refractivity (Wildman–Crippen MR) is 71.1 cm³/mol. The Bertz CT molecular complexity index is 595. The number of rotatable bonds is 6. The highest BCUT2D eigenvalue weighted by atomic mass is 16.4. The number of aliphatic carboxylic acids is 1. The average Bonchev–Trinajstić information content (AvgIpc) is 2.91. The summed E-state index contributed by atoms with van der Waals surface area (Å²) in [6.07, 6.45) is 3.33. The summed E-state index contributed by atoms with van der Waals surface area (Å²) in [5, 5.41) is 18.9. The number of aryl methyl sites for hydroxylation is 1. The second-order valence-corrected chi connectivity index (χ2v) is 4.19. The summed E-state index contributed by atoms with van der Waals surface area (Å²) in [5.41, 5.74) is 1.10. The maximum Gasteiger partial charge on any atom is 0.307 e. The van der Waals surface area contributed by atoms with Gasteiger partial charge in [-0.05, 0) is 11.6 Å². The van der Waals surface area contributed by atoms with E-state index in [4.69, 9.17) is 5.11 Å². The van der Waals surface area contributed by atoms with Crippen LogP contribution < -0.4 is 5.32 Å². The van der Waals surface area contributed by atoms with Crippen LogP contribution in [0.4, 0.5) is 5.69 Å². The largest absolute Gasteiger partial charge is 0.481 e. The zero-order valence-corrected chi connectivity index (χ0v) is 10.7. The Morgan fingerprint density at radius 1 is 1.30 bits per heavy atom. The lowest BCUT2D eigenvalue weighted by Crippen LogP contribution is -2.16. The van der Waals surface area contributed by atoms with Gasteiger partial charge in [-0.2, -0.15) is 0 Å². The van der Waals surface area contributed by atoms with E-state index < -0.39 is 5.97 Å². The standard InChI is InChI=1S/C13H14N4O3/c18-12(5-7-17-8-6-14-16-17)15-11-4-2-1-3-10(11)9-13(19)20/h1-4,6,8H,5,7,9H2,(H,15,18)(H,19,20). The molecule has 7 heteroatoms. The Hall–Kier alpha value is -2.70. The fourth-order valence-electron chi connectivity index (χ4n) is 1.74. The van der Waals surface area contributed by atoms with E-state index in [1.54, 1.807) is 41.3 Å². The number of nitrogens with one attached hydrogen (secondary N) is 1. The van der Waals surface area contributed by atoms with E-state index in [1.807, 2.05) is 0 Å². The number of amides is 1. The van der Waals surface area contributed by atoms with Crippen LogP contribution in [-0.4, -0.2) is 32.0 Å². The summed E-state index contributed by atoms with van der Waals surface area (Å²) in [7, 11) is 0. The number of nitrogens with zero attached hydrogens (tertiary/aromatic N) is 3. The molecule has 0 aliphatic carbocycles. The van der Waals surface area contributed by atoms with E-state index in [9.17, 15) is 9.59 Å². The van der Waals surface area contributed by atoms with E-state index in [0.717, 1.165) is 0 Å². The Kier molecular flexibility index (Phi) is 4.43. The predicted octanol–water partition coefficient (Wildman–Crippen LogP) is 0.934.